The van der Waals surface area contributed by atoms with E-state index >= 15 is 0 Å². The van der Waals surface area contributed by atoms with Crippen LogP contribution in [0.4, 0.5) is 14.5 Å². The van der Waals surface area contributed by atoms with Crippen LogP contribution in [0.25, 0.3) is 0 Å². The Balaban J connectivity index is 0.00000105. The molecule has 0 radical (unpaired) electrons. The fourth-order valence-corrected chi connectivity index (χ4v) is 3.03. The van der Waals surface area contributed by atoms with Crippen molar-refractivity contribution in [3.8, 4) is 0 Å². The van der Waals surface area contributed by atoms with Gasteiger partial charge in [-0.3, -0.25) is 4.79 Å². The van der Waals surface area contributed by atoms with Crippen molar-refractivity contribution in [3.05, 3.63) is 63.1 Å². The van der Waals surface area contributed by atoms with Crippen molar-refractivity contribution < 1.29 is 23.2 Å². The zero-order valence-corrected chi connectivity index (χ0v) is 15.9. The Morgan fingerprint density at radius 3 is 2.42 bits per heavy atom. The second-order valence-corrected chi connectivity index (χ2v) is 6.50. The zero-order chi connectivity index (χ0) is 19.9. The van der Waals surface area contributed by atoms with Gasteiger partial charge in [-0.2, -0.15) is 9.59 Å². The van der Waals surface area contributed by atoms with E-state index in [1.54, 1.807) is 6.07 Å². The van der Waals surface area contributed by atoms with Crippen LogP contribution in [-0.2, 0) is 9.59 Å². The van der Waals surface area contributed by atoms with Crippen LogP contribution in [0.1, 0.15) is 47.2 Å². The molecule has 0 amide bonds. The highest BCUT2D eigenvalue weighted by atomic mass is 79.9. The summed E-state index contributed by atoms with van der Waals surface area (Å²) in [5.74, 6) is -1.56. The Morgan fingerprint density at radius 1 is 1.23 bits per heavy atom. The summed E-state index contributed by atoms with van der Waals surface area (Å²) in [5.41, 5.74) is 7.45. The van der Waals surface area contributed by atoms with Gasteiger partial charge in [-0.15, -0.1) is 0 Å². The van der Waals surface area contributed by atoms with Gasteiger partial charge < -0.3 is 5.73 Å². The van der Waals surface area contributed by atoms with Crippen molar-refractivity contribution >= 4 is 33.6 Å². The fourth-order valence-electron chi connectivity index (χ4n) is 2.70. The first-order valence-electron chi connectivity index (χ1n) is 7.78. The van der Waals surface area contributed by atoms with Crippen LogP contribution in [0.3, 0.4) is 0 Å². The van der Waals surface area contributed by atoms with Crippen LogP contribution >= 0.6 is 15.9 Å². The van der Waals surface area contributed by atoms with Crippen molar-refractivity contribution in [1.82, 2.24) is 0 Å². The van der Waals surface area contributed by atoms with Gasteiger partial charge in [0.05, 0.1) is 10.0 Å². The van der Waals surface area contributed by atoms with Gasteiger partial charge in [0, 0.05) is 12.1 Å². The molecule has 138 valence electrons. The lowest BCUT2D eigenvalue weighted by molar-refractivity contribution is -0.191. The van der Waals surface area contributed by atoms with Crippen LogP contribution in [-0.4, -0.2) is 11.9 Å². The van der Waals surface area contributed by atoms with E-state index in [2.05, 4.69) is 15.9 Å². The molecule has 4 nitrogen and oxygen atoms in total. The van der Waals surface area contributed by atoms with E-state index in [1.807, 2.05) is 13.8 Å². The first-order valence-corrected chi connectivity index (χ1v) is 8.58. The summed E-state index contributed by atoms with van der Waals surface area (Å²) in [5, 5.41) is 0. The van der Waals surface area contributed by atoms with Crippen molar-refractivity contribution in [3.63, 3.8) is 0 Å². The van der Waals surface area contributed by atoms with Gasteiger partial charge in [0.2, 0.25) is 0 Å². The highest BCUT2D eigenvalue weighted by molar-refractivity contribution is 9.10. The average molecular weight is 426 g/mol. The van der Waals surface area contributed by atoms with E-state index in [9.17, 15) is 13.6 Å². The fraction of sp³-hybridized carbons (Fsp3) is 0.263. The smallest absolute Gasteiger partial charge is 0.373 e. The van der Waals surface area contributed by atoms with Crippen LogP contribution in [0.2, 0.25) is 0 Å². The summed E-state index contributed by atoms with van der Waals surface area (Å²) in [4.78, 5) is 28.8. The average Bonchev–Trinajstić information content (AvgIpc) is 2.59. The number of rotatable bonds is 5. The summed E-state index contributed by atoms with van der Waals surface area (Å²) in [7, 11) is 0. The lowest BCUT2D eigenvalue weighted by Gasteiger charge is -2.18. The van der Waals surface area contributed by atoms with Crippen molar-refractivity contribution in [1.29, 1.82) is 0 Å². The molecule has 2 N–H and O–H groups in total. The van der Waals surface area contributed by atoms with Crippen LogP contribution in [0.15, 0.2) is 34.8 Å². The molecule has 0 saturated carbocycles. The number of nitrogen functional groups attached to an aromatic ring is 1. The van der Waals surface area contributed by atoms with Crippen molar-refractivity contribution in [2.75, 3.05) is 5.73 Å². The Bertz CT molecular complexity index is 834. The number of Topliss-reactive ketones (excluding diaryl/α,β-unsaturated/α-hetero) is 1. The molecular weight excluding hydrogens is 408 g/mol. The number of carbonyl (C=O) groups excluding carboxylic acids is 3. The molecule has 0 aliphatic heterocycles. The molecule has 0 saturated heterocycles. The molecule has 7 heteroatoms. The summed E-state index contributed by atoms with van der Waals surface area (Å²) < 4.78 is 27.9. The van der Waals surface area contributed by atoms with Crippen molar-refractivity contribution in [2.24, 2.45) is 0 Å². The van der Waals surface area contributed by atoms with Gasteiger partial charge >= 0.3 is 6.15 Å². The topological polar surface area (TPSA) is 77.2 Å². The van der Waals surface area contributed by atoms with E-state index in [-0.39, 0.29) is 45.8 Å². The van der Waals surface area contributed by atoms with E-state index < -0.39 is 5.82 Å². The molecule has 0 spiro atoms. The number of hydrogen-bond acceptors (Lipinski definition) is 4. The minimum atomic E-state index is -0.652. The molecule has 2 aromatic carbocycles. The third-order valence-corrected chi connectivity index (χ3v) is 4.62. The Labute approximate surface area is 158 Å². The molecule has 0 fully saturated rings. The minimum absolute atomic E-state index is 0.0817. The number of aryl methyl sites for hydroxylation is 1. The molecule has 1 atom stereocenters. The predicted molar refractivity (Wildman–Crippen MR) is 96.6 cm³/mol. The Kier molecular flexibility index (Phi) is 8.29. The second-order valence-electron chi connectivity index (χ2n) is 5.64. The van der Waals surface area contributed by atoms with Gasteiger partial charge in [-0.25, -0.2) is 8.78 Å². The quantitative estimate of drug-likeness (QED) is 0.551. The van der Waals surface area contributed by atoms with Gasteiger partial charge in [0.25, 0.3) is 0 Å². The number of nitrogens with two attached hydrogens (primary N) is 1. The molecule has 26 heavy (non-hydrogen) atoms. The molecule has 2 aromatic rings. The largest absolute Gasteiger partial charge is 0.398 e. The zero-order valence-electron chi connectivity index (χ0n) is 14.3. The van der Waals surface area contributed by atoms with E-state index in [1.165, 1.54) is 24.3 Å². The lowest BCUT2D eigenvalue weighted by atomic mass is 9.86. The van der Waals surface area contributed by atoms with E-state index in [4.69, 9.17) is 15.3 Å². The number of hydrogen-bond donors (Lipinski definition) is 1. The Hall–Kier alpha value is -2.37. The highest BCUT2D eigenvalue weighted by Gasteiger charge is 2.23. The molecule has 0 aliphatic carbocycles. The first kappa shape index (κ1) is 21.7. The molecule has 0 aromatic heterocycles. The molecule has 2 rings (SSSR count). The van der Waals surface area contributed by atoms with Gasteiger partial charge in [-0.1, -0.05) is 13.0 Å². The third-order valence-electron chi connectivity index (χ3n) is 4.01. The van der Waals surface area contributed by atoms with E-state index in [0.29, 0.717) is 6.42 Å². The van der Waals surface area contributed by atoms with Gasteiger partial charge in [0.15, 0.2) is 5.78 Å². The summed E-state index contributed by atoms with van der Waals surface area (Å²) >= 11 is 3.07. The SMILES string of the molecule is CCC(CC(=O)c1c(N)ccc(Br)c1F)c1cc(F)ccc1C.O=C=O. The molecule has 0 heterocycles. The monoisotopic (exact) mass is 425 g/mol. The van der Waals surface area contributed by atoms with Crippen LogP contribution in [0.5, 0.6) is 0 Å². The lowest BCUT2D eigenvalue weighted by Crippen LogP contribution is -2.12. The van der Waals surface area contributed by atoms with E-state index in [0.717, 1.165) is 11.1 Å². The highest BCUT2D eigenvalue weighted by Crippen LogP contribution is 2.31. The number of carbonyl (C=O) groups is 1. The molecule has 0 aliphatic rings. The summed E-state index contributed by atoms with van der Waals surface area (Å²) in [6.07, 6.45) is 0.976. The van der Waals surface area contributed by atoms with Crippen molar-refractivity contribution in [2.45, 2.75) is 32.6 Å². The number of halogens is 3. The van der Waals surface area contributed by atoms with Gasteiger partial charge in [0.1, 0.15) is 11.6 Å². The standard InChI is InChI=1S/C18H18BrF2NO.CO2/c1-3-11(13-9-12(20)5-4-10(13)2)8-16(23)17-15(22)7-6-14(19)18(17)21;2-1-3/h4-7,9,11H,3,8,22H2,1-2H3;. The minimum Gasteiger partial charge on any atom is -0.398 e. The number of ketones is 1. The summed E-state index contributed by atoms with van der Waals surface area (Å²) in [6.45, 7) is 3.79. The second kappa shape index (κ2) is 9.94. The maximum atomic E-state index is 14.2. The summed E-state index contributed by atoms with van der Waals surface area (Å²) in [6, 6.07) is 7.48. The maximum absolute atomic E-state index is 14.2. The molecule has 0 bridgehead atoms. The predicted octanol–water partition coefficient (Wildman–Crippen LogP) is 4.80. The third kappa shape index (κ3) is 5.31. The number of anilines is 1. The maximum Gasteiger partial charge on any atom is 0.373 e. The normalized spacial score (nSPS) is 11.1. The number of benzene rings is 2. The first-order chi connectivity index (χ1) is 12.3. The van der Waals surface area contributed by atoms with Crippen LogP contribution in [0, 0.1) is 18.6 Å². The Morgan fingerprint density at radius 2 is 1.85 bits per heavy atom. The van der Waals surface area contributed by atoms with Crippen LogP contribution < -0.4 is 5.73 Å². The molecular formula is C19H18BrF2NO3. The molecule has 1 unspecified atom stereocenters. The van der Waals surface area contributed by atoms with Gasteiger partial charge in [-0.05, 0) is 70.6 Å².